The second-order valence-corrected chi connectivity index (χ2v) is 5.36. The number of nitrogens with two attached hydrogens (primary N) is 1. The van der Waals surface area contributed by atoms with Gasteiger partial charge in [-0.15, -0.1) is 0 Å². The van der Waals surface area contributed by atoms with Gasteiger partial charge < -0.3 is 20.9 Å². The molecular formula is C14H22ClN3O2. The lowest BCUT2D eigenvalue weighted by molar-refractivity contribution is 0.0674. The Morgan fingerprint density at radius 1 is 1.55 bits per heavy atom. The van der Waals surface area contributed by atoms with E-state index in [4.69, 9.17) is 22.1 Å². The van der Waals surface area contributed by atoms with Crippen molar-refractivity contribution in [2.45, 2.75) is 25.5 Å². The summed E-state index contributed by atoms with van der Waals surface area (Å²) in [5, 5.41) is 13.9. The van der Waals surface area contributed by atoms with Gasteiger partial charge in [0.25, 0.3) is 0 Å². The lowest BCUT2D eigenvalue weighted by Gasteiger charge is -2.23. The molecule has 4 N–H and O–H groups in total. The highest BCUT2D eigenvalue weighted by atomic mass is 35.5. The Bertz CT molecular complexity index is 463. The maximum Gasteiger partial charge on any atom is 0.188 e. The number of methoxy groups -OCH3 is 1. The van der Waals surface area contributed by atoms with Crippen LogP contribution >= 0.6 is 11.6 Å². The molecule has 0 aliphatic heterocycles. The van der Waals surface area contributed by atoms with Crippen molar-refractivity contribution in [1.29, 1.82) is 0 Å². The van der Waals surface area contributed by atoms with Gasteiger partial charge >= 0.3 is 0 Å². The van der Waals surface area contributed by atoms with Gasteiger partial charge in [0.05, 0.1) is 13.2 Å². The molecule has 0 fully saturated rings. The average Bonchev–Trinajstić information content (AvgIpc) is 2.37. The van der Waals surface area contributed by atoms with Crippen molar-refractivity contribution in [1.82, 2.24) is 5.32 Å². The van der Waals surface area contributed by atoms with E-state index in [-0.39, 0.29) is 18.5 Å². The van der Waals surface area contributed by atoms with Gasteiger partial charge in [0, 0.05) is 23.7 Å². The fourth-order valence-electron chi connectivity index (χ4n) is 1.81. The summed E-state index contributed by atoms with van der Waals surface area (Å²) in [6, 6.07) is 7.19. The van der Waals surface area contributed by atoms with Gasteiger partial charge in [-0.1, -0.05) is 29.8 Å². The maximum atomic E-state index is 10.5. The molecule has 1 aromatic rings. The van der Waals surface area contributed by atoms with E-state index < -0.39 is 5.60 Å². The summed E-state index contributed by atoms with van der Waals surface area (Å²) in [5.74, 6) is 0.266. The standard InChI is InChI=1S/C14H22ClN3O2/c1-10(8-20-3)18-13(16)17-9-14(2,19)11-6-4-5-7-12(11)15/h4-7,10,19H,8-9H2,1-3H3,(H3,16,17,18). The van der Waals surface area contributed by atoms with E-state index in [9.17, 15) is 5.11 Å². The van der Waals surface area contributed by atoms with Gasteiger partial charge in [-0.2, -0.15) is 0 Å². The van der Waals surface area contributed by atoms with Crippen molar-refractivity contribution < 1.29 is 9.84 Å². The highest BCUT2D eigenvalue weighted by Gasteiger charge is 2.25. The normalized spacial score (nSPS) is 16.6. The summed E-state index contributed by atoms with van der Waals surface area (Å²) in [5.41, 5.74) is 5.22. The van der Waals surface area contributed by atoms with Gasteiger partial charge in [-0.3, -0.25) is 4.99 Å². The van der Waals surface area contributed by atoms with Crippen LogP contribution in [0, 0.1) is 0 Å². The summed E-state index contributed by atoms with van der Waals surface area (Å²) in [7, 11) is 1.62. The number of guanidine groups is 1. The maximum absolute atomic E-state index is 10.5. The van der Waals surface area contributed by atoms with E-state index in [1.807, 2.05) is 19.1 Å². The van der Waals surface area contributed by atoms with Gasteiger partial charge in [0.15, 0.2) is 5.96 Å². The molecule has 0 radical (unpaired) electrons. The van der Waals surface area contributed by atoms with Crippen LogP contribution in [-0.2, 0) is 10.3 Å². The number of halogens is 1. The van der Waals surface area contributed by atoms with Crippen LogP contribution in [0.1, 0.15) is 19.4 Å². The lowest BCUT2D eigenvalue weighted by atomic mass is 9.96. The van der Waals surface area contributed by atoms with Crippen molar-refractivity contribution in [3.8, 4) is 0 Å². The monoisotopic (exact) mass is 299 g/mol. The molecule has 20 heavy (non-hydrogen) atoms. The first-order valence-corrected chi connectivity index (χ1v) is 6.77. The molecule has 1 rings (SSSR count). The topological polar surface area (TPSA) is 79.9 Å². The third-order valence-corrected chi connectivity index (χ3v) is 3.15. The molecule has 1 aromatic carbocycles. The Labute approximate surface area is 124 Å². The number of aliphatic hydroxyl groups is 1. The summed E-state index contributed by atoms with van der Waals surface area (Å²) in [6.45, 7) is 4.23. The van der Waals surface area contributed by atoms with E-state index in [0.29, 0.717) is 17.2 Å². The fourth-order valence-corrected chi connectivity index (χ4v) is 2.15. The van der Waals surface area contributed by atoms with Crippen molar-refractivity contribution in [2.75, 3.05) is 20.3 Å². The number of benzene rings is 1. The first-order valence-electron chi connectivity index (χ1n) is 6.39. The average molecular weight is 300 g/mol. The van der Waals surface area contributed by atoms with E-state index >= 15 is 0 Å². The lowest BCUT2D eigenvalue weighted by Crippen LogP contribution is -2.41. The fraction of sp³-hybridized carbons (Fsp3) is 0.500. The molecule has 0 heterocycles. The molecule has 0 aromatic heterocycles. The molecule has 0 saturated heterocycles. The zero-order chi connectivity index (χ0) is 15.2. The highest BCUT2D eigenvalue weighted by Crippen LogP contribution is 2.27. The zero-order valence-corrected chi connectivity index (χ0v) is 12.8. The molecule has 6 heteroatoms. The van der Waals surface area contributed by atoms with Crippen LogP contribution in [0.2, 0.25) is 5.02 Å². The molecular weight excluding hydrogens is 278 g/mol. The number of hydrogen-bond acceptors (Lipinski definition) is 3. The number of rotatable bonds is 6. The summed E-state index contributed by atoms with van der Waals surface area (Å²) in [4.78, 5) is 4.15. The number of ether oxygens (including phenoxy) is 1. The minimum atomic E-state index is -1.17. The van der Waals surface area contributed by atoms with E-state index in [1.165, 1.54) is 0 Å². The molecule has 0 spiro atoms. The Hall–Kier alpha value is -1.30. The first-order chi connectivity index (χ1) is 9.36. The van der Waals surface area contributed by atoms with Gasteiger partial charge in [0.2, 0.25) is 0 Å². The second kappa shape index (κ2) is 7.47. The van der Waals surface area contributed by atoms with E-state index in [2.05, 4.69) is 10.3 Å². The number of aliphatic imine (C=N–C) groups is 1. The largest absolute Gasteiger partial charge is 0.383 e. The number of nitrogens with zero attached hydrogens (tertiary/aromatic N) is 1. The van der Waals surface area contributed by atoms with Gasteiger partial charge in [-0.25, -0.2) is 0 Å². The Morgan fingerprint density at radius 2 is 2.20 bits per heavy atom. The molecule has 2 unspecified atom stereocenters. The van der Waals surface area contributed by atoms with Crippen LogP contribution in [0.3, 0.4) is 0 Å². The summed E-state index contributed by atoms with van der Waals surface area (Å²) in [6.07, 6.45) is 0. The smallest absolute Gasteiger partial charge is 0.188 e. The third kappa shape index (κ3) is 5.00. The first kappa shape index (κ1) is 16.8. The van der Waals surface area contributed by atoms with Crippen molar-refractivity contribution in [3.63, 3.8) is 0 Å². The molecule has 0 aliphatic carbocycles. The third-order valence-electron chi connectivity index (χ3n) is 2.82. The van der Waals surface area contributed by atoms with Gasteiger partial charge in [-0.05, 0) is 19.9 Å². The SMILES string of the molecule is COCC(C)NC(N)=NCC(C)(O)c1ccccc1Cl. The van der Waals surface area contributed by atoms with Crippen LogP contribution in [0.5, 0.6) is 0 Å². The predicted molar refractivity (Wildman–Crippen MR) is 82.0 cm³/mol. The minimum absolute atomic E-state index is 0.0500. The number of hydrogen-bond donors (Lipinski definition) is 3. The molecule has 0 amide bonds. The summed E-state index contributed by atoms with van der Waals surface area (Å²) >= 11 is 6.08. The van der Waals surface area contributed by atoms with Crippen molar-refractivity contribution in [2.24, 2.45) is 10.7 Å². The minimum Gasteiger partial charge on any atom is -0.383 e. The zero-order valence-electron chi connectivity index (χ0n) is 12.1. The molecule has 2 atom stereocenters. The highest BCUT2D eigenvalue weighted by molar-refractivity contribution is 6.31. The Kier molecular flexibility index (Phi) is 6.26. The molecule has 0 bridgehead atoms. The van der Waals surface area contributed by atoms with E-state index in [0.717, 1.165) is 0 Å². The van der Waals surface area contributed by atoms with Crippen LogP contribution in [0.25, 0.3) is 0 Å². The van der Waals surface area contributed by atoms with Crippen LogP contribution in [0.15, 0.2) is 29.3 Å². The Morgan fingerprint density at radius 3 is 2.80 bits per heavy atom. The second-order valence-electron chi connectivity index (χ2n) is 4.96. The van der Waals surface area contributed by atoms with Crippen LogP contribution < -0.4 is 11.1 Å². The van der Waals surface area contributed by atoms with E-state index in [1.54, 1.807) is 26.2 Å². The molecule has 112 valence electrons. The quantitative estimate of drug-likeness (QED) is 0.549. The molecule has 5 nitrogen and oxygen atoms in total. The summed E-state index contributed by atoms with van der Waals surface area (Å²) < 4.78 is 5.00. The number of nitrogens with one attached hydrogen (secondary N) is 1. The van der Waals surface area contributed by atoms with Crippen molar-refractivity contribution >= 4 is 17.6 Å². The predicted octanol–water partition coefficient (Wildman–Crippen LogP) is 1.49. The Balaban J connectivity index is 2.69. The van der Waals surface area contributed by atoms with Gasteiger partial charge in [0.1, 0.15) is 5.60 Å². The van der Waals surface area contributed by atoms with Crippen molar-refractivity contribution in [3.05, 3.63) is 34.9 Å². The van der Waals surface area contributed by atoms with Crippen LogP contribution in [0.4, 0.5) is 0 Å². The molecule has 0 aliphatic rings. The molecule has 0 saturated carbocycles. The van der Waals surface area contributed by atoms with Crippen LogP contribution in [-0.4, -0.2) is 37.4 Å².